The topological polar surface area (TPSA) is 69.7 Å². The molecule has 0 fully saturated rings. The molecule has 1 N–H and O–H groups in total. The van der Waals surface area contributed by atoms with Crippen LogP contribution >= 0.6 is 0 Å². The van der Waals surface area contributed by atoms with E-state index in [1.807, 2.05) is 42.5 Å². The van der Waals surface area contributed by atoms with Crippen LogP contribution in [0.1, 0.15) is 84.3 Å². The number of carbonyl (C=O) groups is 3. The van der Waals surface area contributed by atoms with Gasteiger partial charge in [-0.15, -0.1) is 0 Å². The Morgan fingerprint density at radius 1 is 0.875 bits per heavy atom. The van der Waals surface area contributed by atoms with E-state index in [4.69, 9.17) is 0 Å². The van der Waals surface area contributed by atoms with E-state index in [2.05, 4.69) is 12.2 Å². The van der Waals surface area contributed by atoms with Gasteiger partial charge in [-0.25, -0.2) is 0 Å². The van der Waals surface area contributed by atoms with Gasteiger partial charge in [-0.2, -0.15) is 0 Å². The van der Waals surface area contributed by atoms with Crippen molar-refractivity contribution < 1.29 is 14.4 Å². The van der Waals surface area contributed by atoms with Crippen molar-refractivity contribution in [3.63, 3.8) is 0 Å². The lowest BCUT2D eigenvalue weighted by Crippen LogP contribution is -2.48. The fourth-order valence-electron chi connectivity index (χ4n) is 4.65. The molecule has 2 aromatic rings. The Morgan fingerprint density at radius 2 is 1.59 bits per heavy atom. The van der Waals surface area contributed by atoms with E-state index in [0.717, 1.165) is 18.4 Å². The number of benzene rings is 2. The molecule has 6 nitrogen and oxygen atoms in total. The molecule has 0 aliphatic carbocycles. The van der Waals surface area contributed by atoms with Crippen LogP contribution in [0.5, 0.6) is 0 Å². The molecule has 0 spiro atoms. The van der Waals surface area contributed by atoms with Gasteiger partial charge in [0, 0.05) is 30.6 Å². The number of nitrogens with zero attached hydrogens (tertiary/aromatic N) is 2. The number of amides is 3. The summed E-state index contributed by atoms with van der Waals surface area (Å²) in [5, 5.41) is 2.99. The first-order chi connectivity index (χ1) is 15.6. The SMILES string of the molecule is CCCCCCCNC(=O)CCCN1C(=O)c2ccccc2N2C(=O)c3ccccc3C12. The summed E-state index contributed by atoms with van der Waals surface area (Å²) in [6.07, 6.45) is 6.26. The number of fused-ring (bicyclic) bond motifs is 5. The first-order valence-corrected chi connectivity index (χ1v) is 11.7. The quantitative estimate of drug-likeness (QED) is 0.554. The zero-order chi connectivity index (χ0) is 22.5. The summed E-state index contributed by atoms with van der Waals surface area (Å²) in [6, 6.07) is 14.7. The summed E-state index contributed by atoms with van der Waals surface area (Å²) < 4.78 is 0. The summed E-state index contributed by atoms with van der Waals surface area (Å²) in [5.74, 6) is -0.163. The monoisotopic (exact) mass is 433 g/mol. The van der Waals surface area contributed by atoms with Gasteiger partial charge < -0.3 is 10.2 Å². The van der Waals surface area contributed by atoms with E-state index in [9.17, 15) is 14.4 Å². The molecule has 6 heteroatoms. The average molecular weight is 434 g/mol. The van der Waals surface area contributed by atoms with Crippen LogP contribution in [0.15, 0.2) is 48.5 Å². The second-order valence-electron chi connectivity index (χ2n) is 8.52. The number of anilines is 1. The van der Waals surface area contributed by atoms with Crippen molar-refractivity contribution in [2.24, 2.45) is 0 Å². The fraction of sp³-hybridized carbons (Fsp3) is 0.423. The minimum atomic E-state index is -0.456. The molecule has 0 saturated heterocycles. The Hall–Kier alpha value is -3.15. The van der Waals surface area contributed by atoms with E-state index in [1.54, 1.807) is 15.9 Å². The molecule has 2 aromatic carbocycles. The lowest BCUT2D eigenvalue weighted by molar-refractivity contribution is -0.121. The number of unbranched alkanes of at least 4 members (excludes halogenated alkanes) is 4. The molecule has 0 radical (unpaired) electrons. The molecule has 2 heterocycles. The van der Waals surface area contributed by atoms with Gasteiger partial charge in [0.2, 0.25) is 5.91 Å². The van der Waals surface area contributed by atoms with Crippen LogP contribution in [0.4, 0.5) is 5.69 Å². The maximum Gasteiger partial charge on any atom is 0.260 e. The van der Waals surface area contributed by atoms with Crippen LogP contribution in [0.3, 0.4) is 0 Å². The first-order valence-electron chi connectivity index (χ1n) is 11.7. The van der Waals surface area contributed by atoms with Gasteiger partial charge in [-0.1, -0.05) is 62.9 Å². The molecule has 3 amide bonds. The van der Waals surface area contributed by atoms with Gasteiger partial charge in [0.1, 0.15) is 6.17 Å². The zero-order valence-corrected chi connectivity index (χ0v) is 18.7. The van der Waals surface area contributed by atoms with Gasteiger partial charge >= 0.3 is 0 Å². The van der Waals surface area contributed by atoms with Crippen molar-refractivity contribution in [2.75, 3.05) is 18.0 Å². The summed E-state index contributed by atoms with van der Waals surface area (Å²) in [7, 11) is 0. The number of rotatable bonds is 10. The van der Waals surface area contributed by atoms with E-state index >= 15 is 0 Å². The lowest BCUT2D eigenvalue weighted by atomic mass is 10.0. The number of para-hydroxylation sites is 1. The molecular formula is C26H31N3O3. The lowest BCUT2D eigenvalue weighted by Gasteiger charge is -2.41. The number of hydrogen-bond acceptors (Lipinski definition) is 3. The highest BCUT2D eigenvalue weighted by molar-refractivity contribution is 6.16. The standard InChI is InChI=1S/C26H31N3O3/c1-2-3-4-5-10-17-27-23(30)16-11-18-28-24-19-12-6-7-13-20(19)26(32)29(24)22-15-9-8-14-21(22)25(28)31/h6-9,12-15,24H,2-5,10-11,16-18H2,1H3,(H,27,30). The molecule has 0 saturated carbocycles. The van der Waals surface area contributed by atoms with Crippen LogP contribution in [0, 0.1) is 0 Å². The minimum Gasteiger partial charge on any atom is -0.356 e. The maximum atomic E-state index is 13.3. The summed E-state index contributed by atoms with van der Waals surface area (Å²) >= 11 is 0. The van der Waals surface area contributed by atoms with Crippen LogP contribution in [-0.2, 0) is 4.79 Å². The summed E-state index contributed by atoms with van der Waals surface area (Å²) in [5.41, 5.74) is 2.66. The van der Waals surface area contributed by atoms with Gasteiger partial charge in [0.05, 0.1) is 11.3 Å². The third-order valence-corrected chi connectivity index (χ3v) is 6.29. The van der Waals surface area contributed by atoms with Crippen LogP contribution in [0.25, 0.3) is 0 Å². The van der Waals surface area contributed by atoms with Crippen LogP contribution in [0.2, 0.25) is 0 Å². The molecule has 0 aromatic heterocycles. The van der Waals surface area contributed by atoms with Crippen LogP contribution < -0.4 is 10.2 Å². The normalized spacial score (nSPS) is 16.6. The van der Waals surface area contributed by atoms with Crippen molar-refractivity contribution in [3.05, 3.63) is 65.2 Å². The molecule has 0 bridgehead atoms. The Balaban J connectivity index is 1.42. The second-order valence-corrected chi connectivity index (χ2v) is 8.52. The van der Waals surface area contributed by atoms with Gasteiger partial charge in [-0.3, -0.25) is 19.3 Å². The molecule has 2 aliphatic rings. The number of nitrogens with one attached hydrogen (secondary N) is 1. The molecule has 1 unspecified atom stereocenters. The third-order valence-electron chi connectivity index (χ3n) is 6.29. The van der Waals surface area contributed by atoms with E-state index in [1.165, 1.54) is 19.3 Å². The van der Waals surface area contributed by atoms with Crippen molar-refractivity contribution in [1.29, 1.82) is 0 Å². The van der Waals surface area contributed by atoms with Gasteiger partial charge in [0.25, 0.3) is 11.8 Å². The zero-order valence-electron chi connectivity index (χ0n) is 18.7. The first kappa shape index (κ1) is 22.1. The average Bonchev–Trinajstić information content (AvgIpc) is 3.11. The maximum absolute atomic E-state index is 13.3. The van der Waals surface area contributed by atoms with Crippen molar-refractivity contribution in [3.8, 4) is 0 Å². The highest BCUT2D eigenvalue weighted by atomic mass is 16.2. The summed E-state index contributed by atoms with van der Waals surface area (Å²) in [6.45, 7) is 3.31. The predicted molar refractivity (Wildman–Crippen MR) is 124 cm³/mol. The Kier molecular flexibility index (Phi) is 6.88. The minimum absolute atomic E-state index is 0.0186. The summed E-state index contributed by atoms with van der Waals surface area (Å²) in [4.78, 5) is 42.2. The number of hydrogen-bond donors (Lipinski definition) is 1. The van der Waals surface area contributed by atoms with Crippen molar-refractivity contribution >= 4 is 23.4 Å². The molecule has 1 atom stereocenters. The van der Waals surface area contributed by atoms with E-state index in [-0.39, 0.29) is 17.7 Å². The smallest absolute Gasteiger partial charge is 0.260 e. The predicted octanol–water partition coefficient (Wildman–Crippen LogP) is 4.67. The van der Waals surface area contributed by atoms with E-state index in [0.29, 0.717) is 42.7 Å². The molecule has 32 heavy (non-hydrogen) atoms. The van der Waals surface area contributed by atoms with E-state index < -0.39 is 6.17 Å². The number of carbonyl (C=O) groups excluding carboxylic acids is 3. The molecule has 4 rings (SSSR count). The van der Waals surface area contributed by atoms with Gasteiger partial charge in [-0.05, 0) is 31.0 Å². The molecule has 2 aliphatic heterocycles. The van der Waals surface area contributed by atoms with Crippen LogP contribution in [-0.4, -0.2) is 35.7 Å². The highest BCUT2D eigenvalue weighted by Crippen LogP contribution is 2.45. The van der Waals surface area contributed by atoms with Crippen molar-refractivity contribution in [1.82, 2.24) is 10.2 Å². The largest absolute Gasteiger partial charge is 0.356 e. The van der Waals surface area contributed by atoms with Gasteiger partial charge in [0.15, 0.2) is 0 Å². The fourth-order valence-corrected chi connectivity index (χ4v) is 4.65. The second kappa shape index (κ2) is 9.98. The molecular weight excluding hydrogens is 402 g/mol. The Labute approximate surface area is 189 Å². The highest BCUT2D eigenvalue weighted by Gasteiger charge is 2.47. The third kappa shape index (κ3) is 4.27. The van der Waals surface area contributed by atoms with Crippen molar-refractivity contribution in [2.45, 2.75) is 58.0 Å². The Bertz CT molecular complexity index is 1000. The Morgan fingerprint density at radius 3 is 2.41 bits per heavy atom. The molecule has 168 valence electrons.